The van der Waals surface area contributed by atoms with Crippen molar-refractivity contribution in [3.63, 3.8) is 0 Å². The number of carbonyl (C=O) groups excluding carboxylic acids is 1. The molecule has 1 heterocycles. The summed E-state index contributed by atoms with van der Waals surface area (Å²) in [5, 5.41) is 4.16. The number of hydrogen-bond donors (Lipinski definition) is 2. The number of aldehydes is 1. The highest BCUT2D eigenvalue weighted by molar-refractivity contribution is 9.10. The second-order valence-corrected chi connectivity index (χ2v) is 5.12. The van der Waals surface area contributed by atoms with Crippen molar-refractivity contribution in [2.45, 2.75) is 0 Å². The van der Waals surface area contributed by atoms with E-state index < -0.39 is 0 Å². The van der Waals surface area contributed by atoms with E-state index >= 15 is 0 Å². The van der Waals surface area contributed by atoms with E-state index in [-0.39, 0.29) is 0 Å². The number of rotatable bonds is 3. The topological polar surface area (TPSA) is 44.9 Å². The Morgan fingerprint density at radius 3 is 2.53 bits per heavy atom. The first-order chi connectivity index (χ1) is 9.28. The number of hydrogen-bond acceptors (Lipinski definition) is 2. The van der Waals surface area contributed by atoms with E-state index in [1.807, 2.05) is 48.5 Å². The van der Waals surface area contributed by atoms with Gasteiger partial charge in [0.2, 0.25) is 0 Å². The SMILES string of the molecule is O=Cc1c(Nc2ccc(Br)cc2)[nH]c2ccccc12. The third-order valence-electron chi connectivity index (χ3n) is 2.98. The maximum absolute atomic E-state index is 11.3. The highest BCUT2D eigenvalue weighted by atomic mass is 79.9. The van der Waals surface area contributed by atoms with Crippen LogP contribution in [-0.2, 0) is 0 Å². The summed E-state index contributed by atoms with van der Waals surface area (Å²) in [6.45, 7) is 0. The summed E-state index contributed by atoms with van der Waals surface area (Å²) in [5.41, 5.74) is 2.53. The second-order valence-electron chi connectivity index (χ2n) is 4.21. The van der Waals surface area contributed by atoms with Crippen LogP contribution in [0.1, 0.15) is 10.4 Å². The molecule has 3 rings (SSSR count). The molecule has 0 unspecified atom stereocenters. The molecule has 0 radical (unpaired) electrons. The number of para-hydroxylation sites is 1. The zero-order valence-corrected chi connectivity index (χ0v) is 11.6. The highest BCUT2D eigenvalue weighted by Gasteiger charge is 2.10. The number of H-pyrrole nitrogens is 1. The average molecular weight is 315 g/mol. The van der Waals surface area contributed by atoms with Crippen molar-refractivity contribution in [2.24, 2.45) is 0 Å². The molecule has 1 aromatic heterocycles. The van der Waals surface area contributed by atoms with Gasteiger partial charge in [0.25, 0.3) is 0 Å². The van der Waals surface area contributed by atoms with Crippen molar-refractivity contribution < 1.29 is 4.79 Å². The molecule has 94 valence electrons. The molecule has 0 amide bonds. The lowest BCUT2D eigenvalue weighted by Crippen LogP contribution is -1.93. The van der Waals surface area contributed by atoms with Gasteiger partial charge in [0.05, 0.1) is 5.56 Å². The van der Waals surface area contributed by atoms with E-state index in [0.29, 0.717) is 5.56 Å². The lowest BCUT2D eigenvalue weighted by Gasteiger charge is -2.04. The molecule has 0 aliphatic rings. The Labute approximate surface area is 118 Å². The van der Waals surface area contributed by atoms with Gasteiger partial charge in [-0.2, -0.15) is 0 Å². The normalized spacial score (nSPS) is 10.6. The third-order valence-corrected chi connectivity index (χ3v) is 3.51. The Kier molecular flexibility index (Phi) is 3.09. The minimum Gasteiger partial charge on any atom is -0.341 e. The molecule has 2 N–H and O–H groups in total. The highest BCUT2D eigenvalue weighted by Crippen LogP contribution is 2.27. The van der Waals surface area contributed by atoms with E-state index in [1.165, 1.54) is 0 Å². The summed E-state index contributed by atoms with van der Waals surface area (Å²) in [5.74, 6) is 0.721. The number of anilines is 2. The zero-order valence-electron chi connectivity index (χ0n) is 9.98. The Morgan fingerprint density at radius 2 is 1.79 bits per heavy atom. The van der Waals surface area contributed by atoms with Crippen LogP contribution in [0.25, 0.3) is 10.9 Å². The molecule has 0 saturated carbocycles. The van der Waals surface area contributed by atoms with Crippen LogP contribution in [0.5, 0.6) is 0 Å². The Hall–Kier alpha value is -2.07. The first-order valence-corrected chi connectivity index (χ1v) is 6.66. The molecular weight excluding hydrogens is 304 g/mol. The molecule has 4 heteroatoms. The largest absolute Gasteiger partial charge is 0.341 e. The lowest BCUT2D eigenvalue weighted by atomic mass is 10.2. The molecule has 0 atom stereocenters. The van der Waals surface area contributed by atoms with Crippen molar-refractivity contribution in [1.82, 2.24) is 4.98 Å². The molecule has 19 heavy (non-hydrogen) atoms. The van der Waals surface area contributed by atoms with E-state index in [0.717, 1.165) is 33.2 Å². The van der Waals surface area contributed by atoms with Crippen LogP contribution in [0.4, 0.5) is 11.5 Å². The number of carbonyl (C=O) groups is 1. The number of aromatic amines is 1. The van der Waals surface area contributed by atoms with Crippen molar-refractivity contribution in [1.29, 1.82) is 0 Å². The predicted molar refractivity (Wildman–Crippen MR) is 81.1 cm³/mol. The number of benzene rings is 2. The summed E-state index contributed by atoms with van der Waals surface area (Å²) >= 11 is 3.40. The fourth-order valence-corrected chi connectivity index (χ4v) is 2.33. The van der Waals surface area contributed by atoms with Crippen molar-refractivity contribution in [2.75, 3.05) is 5.32 Å². The summed E-state index contributed by atoms with van der Waals surface area (Å²) in [6, 6.07) is 15.5. The molecule has 0 fully saturated rings. The van der Waals surface area contributed by atoms with Crippen molar-refractivity contribution in [3.05, 3.63) is 58.6 Å². The molecule has 3 aromatic rings. The van der Waals surface area contributed by atoms with Crippen LogP contribution < -0.4 is 5.32 Å². The summed E-state index contributed by atoms with van der Waals surface area (Å²) in [4.78, 5) is 14.5. The zero-order chi connectivity index (χ0) is 13.2. The fourth-order valence-electron chi connectivity index (χ4n) is 2.06. The Bertz CT molecular complexity index is 731. The van der Waals surface area contributed by atoms with Gasteiger partial charge in [-0.05, 0) is 30.3 Å². The average Bonchev–Trinajstić information content (AvgIpc) is 2.78. The minimum absolute atomic E-state index is 0.651. The number of aromatic nitrogens is 1. The minimum atomic E-state index is 0.651. The lowest BCUT2D eigenvalue weighted by molar-refractivity contribution is 0.112. The maximum atomic E-state index is 11.3. The van der Waals surface area contributed by atoms with Gasteiger partial charge < -0.3 is 10.3 Å². The van der Waals surface area contributed by atoms with E-state index in [1.54, 1.807) is 0 Å². The molecular formula is C15H11BrN2O. The third kappa shape index (κ3) is 2.27. The molecule has 0 aliphatic heterocycles. The number of fused-ring (bicyclic) bond motifs is 1. The molecule has 0 aliphatic carbocycles. The first-order valence-electron chi connectivity index (χ1n) is 5.86. The van der Waals surface area contributed by atoms with Crippen molar-refractivity contribution in [3.8, 4) is 0 Å². The van der Waals surface area contributed by atoms with Gasteiger partial charge in [-0.1, -0.05) is 34.1 Å². The van der Waals surface area contributed by atoms with Gasteiger partial charge in [0.1, 0.15) is 5.82 Å². The molecule has 0 spiro atoms. The van der Waals surface area contributed by atoms with Gasteiger partial charge in [0.15, 0.2) is 6.29 Å². The standard InChI is InChI=1S/C15H11BrN2O/c16-10-5-7-11(8-6-10)17-15-13(9-19)12-3-1-2-4-14(12)18-15/h1-9,17-18H. The van der Waals surface area contributed by atoms with Crippen LogP contribution in [0.2, 0.25) is 0 Å². The predicted octanol–water partition coefficient (Wildman–Crippen LogP) is 4.49. The Balaban J connectivity index is 2.05. The van der Waals surface area contributed by atoms with E-state index in [2.05, 4.69) is 26.2 Å². The molecule has 0 bridgehead atoms. The van der Waals surface area contributed by atoms with Gasteiger partial charge in [-0.3, -0.25) is 4.79 Å². The first kappa shape index (κ1) is 12.0. The fraction of sp³-hybridized carbons (Fsp3) is 0. The smallest absolute Gasteiger partial charge is 0.154 e. The number of nitrogens with one attached hydrogen (secondary N) is 2. The summed E-state index contributed by atoms with van der Waals surface area (Å²) in [7, 11) is 0. The Morgan fingerprint density at radius 1 is 1.05 bits per heavy atom. The summed E-state index contributed by atoms with van der Waals surface area (Å²) < 4.78 is 1.02. The van der Waals surface area contributed by atoms with Crippen LogP contribution in [0, 0.1) is 0 Å². The van der Waals surface area contributed by atoms with Crippen molar-refractivity contribution >= 4 is 44.6 Å². The number of halogens is 1. The quantitative estimate of drug-likeness (QED) is 0.700. The van der Waals surface area contributed by atoms with Gasteiger partial charge >= 0.3 is 0 Å². The van der Waals surface area contributed by atoms with Crippen LogP contribution in [0.15, 0.2) is 53.0 Å². The maximum Gasteiger partial charge on any atom is 0.154 e. The van der Waals surface area contributed by atoms with E-state index in [9.17, 15) is 4.79 Å². The molecule has 2 aromatic carbocycles. The van der Waals surface area contributed by atoms with Gasteiger partial charge in [-0.15, -0.1) is 0 Å². The van der Waals surface area contributed by atoms with Crippen LogP contribution in [0.3, 0.4) is 0 Å². The summed E-state index contributed by atoms with van der Waals surface area (Å²) in [6.07, 6.45) is 0.875. The molecule has 3 nitrogen and oxygen atoms in total. The van der Waals surface area contributed by atoms with Gasteiger partial charge in [-0.25, -0.2) is 0 Å². The van der Waals surface area contributed by atoms with E-state index in [4.69, 9.17) is 0 Å². The van der Waals surface area contributed by atoms with Crippen LogP contribution in [-0.4, -0.2) is 11.3 Å². The van der Waals surface area contributed by atoms with Gasteiger partial charge in [0, 0.05) is 21.1 Å². The second kappa shape index (κ2) is 4.90. The van der Waals surface area contributed by atoms with Crippen LogP contribution >= 0.6 is 15.9 Å². The molecule has 0 saturated heterocycles. The monoisotopic (exact) mass is 314 g/mol.